The number of likely N-dealkylation sites (tertiary alicyclic amines) is 1. The Balaban J connectivity index is 1.36. The number of nitrogens with zero attached hydrogens (tertiary/aromatic N) is 1. The third-order valence-corrected chi connectivity index (χ3v) is 5.05. The molecule has 1 fully saturated rings. The van der Waals surface area contributed by atoms with Crippen LogP contribution in [0.1, 0.15) is 37.3 Å². The standard InChI is InChI=1S/C23H30N2O2/c1-19(26)24-22-13-15-25(16-14-22)18-21-9-11-23(12-10-21)27-17-5-8-20-6-3-2-4-7-20/h2-4,6-7,9-12,22H,5,8,13-18H2,1H3,(H,24,26). The monoisotopic (exact) mass is 366 g/mol. The molecule has 0 radical (unpaired) electrons. The second-order valence-corrected chi connectivity index (χ2v) is 7.33. The molecule has 2 aromatic carbocycles. The van der Waals surface area contributed by atoms with Crippen LogP contribution >= 0.6 is 0 Å². The average Bonchev–Trinajstić information content (AvgIpc) is 2.68. The quantitative estimate of drug-likeness (QED) is 0.723. The molecule has 27 heavy (non-hydrogen) atoms. The molecule has 0 aliphatic carbocycles. The first-order chi connectivity index (χ1) is 13.2. The van der Waals surface area contributed by atoms with E-state index in [1.54, 1.807) is 6.92 Å². The van der Waals surface area contributed by atoms with Gasteiger partial charge in [-0.1, -0.05) is 42.5 Å². The van der Waals surface area contributed by atoms with Crippen LogP contribution in [0.4, 0.5) is 0 Å². The first-order valence-corrected chi connectivity index (χ1v) is 9.94. The topological polar surface area (TPSA) is 41.6 Å². The zero-order valence-corrected chi connectivity index (χ0v) is 16.2. The van der Waals surface area contributed by atoms with E-state index >= 15 is 0 Å². The van der Waals surface area contributed by atoms with Crippen LogP contribution in [-0.2, 0) is 17.8 Å². The normalized spacial score (nSPS) is 15.4. The highest BCUT2D eigenvalue weighted by atomic mass is 16.5. The Morgan fingerprint density at radius 3 is 2.41 bits per heavy atom. The van der Waals surface area contributed by atoms with Gasteiger partial charge in [0.2, 0.25) is 5.91 Å². The van der Waals surface area contributed by atoms with Crippen molar-refractivity contribution in [2.24, 2.45) is 0 Å². The van der Waals surface area contributed by atoms with E-state index in [1.165, 1.54) is 11.1 Å². The zero-order valence-electron chi connectivity index (χ0n) is 16.2. The number of piperidine rings is 1. The molecule has 1 amide bonds. The summed E-state index contributed by atoms with van der Waals surface area (Å²) in [5.41, 5.74) is 2.67. The number of carbonyl (C=O) groups is 1. The molecular formula is C23H30N2O2. The number of benzene rings is 2. The number of carbonyl (C=O) groups excluding carboxylic acids is 1. The Morgan fingerprint density at radius 2 is 1.74 bits per heavy atom. The van der Waals surface area contributed by atoms with E-state index in [0.29, 0.717) is 6.04 Å². The van der Waals surface area contributed by atoms with Crippen molar-refractivity contribution in [2.45, 2.75) is 45.2 Å². The molecule has 4 nitrogen and oxygen atoms in total. The fourth-order valence-electron chi connectivity index (χ4n) is 3.58. The molecule has 0 spiro atoms. The molecule has 0 unspecified atom stereocenters. The molecule has 1 saturated heterocycles. The minimum atomic E-state index is 0.0767. The molecule has 144 valence electrons. The van der Waals surface area contributed by atoms with Crippen molar-refractivity contribution in [1.82, 2.24) is 10.2 Å². The van der Waals surface area contributed by atoms with Gasteiger partial charge in [0.25, 0.3) is 0 Å². The highest BCUT2D eigenvalue weighted by Crippen LogP contribution is 2.17. The Bertz CT molecular complexity index is 692. The van der Waals surface area contributed by atoms with Crippen molar-refractivity contribution in [3.8, 4) is 5.75 Å². The molecule has 2 aromatic rings. The van der Waals surface area contributed by atoms with Crippen LogP contribution in [0.3, 0.4) is 0 Å². The molecule has 0 saturated carbocycles. The van der Waals surface area contributed by atoms with Crippen LogP contribution in [0.5, 0.6) is 5.75 Å². The van der Waals surface area contributed by atoms with Gasteiger partial charge >= 0.3 is 0 Å². The van der Waals surface area contributed by atoms with Gasteiger partial charge in [-0.2, -0.15) is 0 Å². The third kappa shape index (κ3) is 6.72. The highest BCUT2D eigenvalue weighted by molar-refractivity contribution is 5.73. The van der Waals surface area contributed by atoms with E-state index < -0.39 is 0 Å². The Morgan fingerprint density at radius 1 is 1.04 bits per heavy atom. The second kappa shape index (κ2) is 10.1. The van der Waals surface area contributed by atoms with Gasteiger partial charge in [0, 0.05) is 32.6 Å². The fraction of sp³-hybridized carbons (Fsp3) is 0.435. The van der Waals surface area contributed by atoms with Gasteiger partial charge in [-0.15, -0.1) is 0 Å². The molecule has 1 aliphatic heterocycles. The second-order valence-electron chi connectivity index (χ2n) is 7.33. The number of ether oxygens (including phenoxy) is 1. The van der Waals surface area contributed by atoms with Crippen molar-refractivity contribution in [3.63, 3.8) is 0 Å². The van der Waals surface area contributed by atoms with Crippen LogP contribution in [0, 0.1) is 0 Å². The zero-order chi connectivity index (χ0) is 18.9. The van der Waals surface area contributed by atoms with Gasteiger partial charge in [-0.05, 0) is 48.9 Å². The molecular weight excluding hydrogens is 336 g/mol. The number of hydrogen-bond acceptors (Lipinski definition) is 3. The van der Waals surface area contributed by atoms with Gasteiger partial charge < -0.3 is 10.1 Å². The summed E-state index contributed by atoms with van der Waals surface area (Å²) in [5, 5.41) is 3.03. The van der Waals surface area contributed by atoms with Crippen LogP contribution < -0.4 is 10.1 Å². The number of hydrogen-bond donors (Lipinski definition) is 1. The summed E-state index contributed by atoms with van der Waals surface area (Å²) in [6.45, 7) is 5.36. The molecule has 4 heteroatoms. The first-order valence-electron chi connectivity index (χ1n) is 9.94. The molecule has 0 bridgehead atoms. The molecule has 1 N–H and O–H groups in total. The van der Waals surface area contributed by atoms with Crippen LogP contribution in [0.25, 0.3) is 0 Å². The predicted octanol–water partition coefficient (Wildman–Crippen LogP) is 3.80. The van der Waals surface area contributed by atoms with Crippen molar-refractivity contribution in [2.75, 3.05) is 19.7 Å². The van der Waals surface area contributed by atoms with Gasteiger partial charge in [0.1, 0.15) is 5.75 Å². The number of nitrogens with one attached hydrogen (secondary N) is 1. The molecule has 1 heterocycles. The molecule has 0 atom stereocenters. The Kier molecular flexibility index (Phi) is 7.28. The van der Waals surface area contributed by atoms with E-state index in [1.807, 2.05) is 6.07 Å². The van der Waals surface area contributed by atoms with Gasteiger partial charge in [0.15, 0.2) is 0 Å². The smallest absolute Gasteiger partial charge is 0.217 e. The maximum absolute atomic E-state index is 11.1. The summed E-state index contributed by atoms with van der Waals surface area (Å²) >= 11 is 0. The number of aryl methyl sites for hydroxylation is 1. The lowest BCUT2D eigenvalue weighted by Crippen LogP contribution is -2.43. The Hall–Kier alpha value is -2.33. The summed E-state index contributed by atoms with van der Waals surface area (Å²) in [5.74, 6) is 1.02. The summed E-state index contributed by atoms with van der Waals surface area (Å²) in [6.07, 6.45) is 4.13. The maximum Gasteiger partial charge on any atom is 0.217 e. The molecule has 3 rings (SSSR count). The minimum absolute atomic E-state index is 0.0767. The lowest BCUT2D eigenvalue weighted by atomic mass is 10.0. The lowest BCUT2D eigenvalue weighted by Gasteiger charge is -2.32. The largest absolute Gasteiger partial charge is 0.494 e. The van der Waals surface area contributed by atoms with E-state index in [0.717, 1.165) is 57.7 Å². The number of rotatable bonds is 8. The van der Waals surface area contributed by atoms with Crippen LogP contribution in [0.2, 0.25) is 0 Å². The fourth-order valence-corrected chi connectivity index (χ4v) is 3.58. The van der Waals surface area contributed by atoms with Crippen molar-refractivity contribution >= 4 is 5.91 Å². The SMILES string of the molecule is CC(=O)NC1CCN(Cc2ccc(OCCCc3ccccc3)cc2)CC1. The molecule has 0 aromatic heterocycles. The summed E-state index contributed by atoms with van der Waals surface area (Å²) < 4.78 is 5.87. The predicted molar refractivity (Wildman–Crippen MR) is 109 cm³/mol. The first kappa shape index (κ1) is 19.4. The lowest BCUT2D eigenvalue weighted by molar-refractivity contribution is -0.119. The van der Waals surface area contributed by atoms with E-state index in [2.05, 4.69) is 58.7 Å². The van der Waals surface area contributed by atoms with Crippen LogP contribution in [0.15, 0.2) is 54.6 Å². The van der Waals surface area contributed by atoms with Crippen molar-refractivity contribution < 1.29 is 9.53 Å². The van der Waals surface area contributed by atoms with Crippen molar-refractivity contribution in [3.05, 3.63) is 65.7 Å². The van der Waals surface area contributed by atoms with E-state index in [4.69, 9.17) is 4.74 Å². The van der Waals surface area contributed by atoms with Gasteiger partial charge in [-0.25, -0.2) is 0 Å². The summed E-state index contributed by atoms with van der Waals surface area (Å²) in [6, 6.07) is 19.3. The summed E-state index contributed by atoms with van der Waals surface area (Å²) in [4.78, 5) is 13.6. The van der Waals surface area contributed by atoms with E-state index in [-0.39, 0.29) is 5.91 Å². The maximum atomic E-state index is 11.1. The minimum Gasteiger partial charge on any atom is -0.494 e. The highest BCUT2D eigenvalue weighted by Gasteiger charge is 2.19. The average molecular weight is 367 g/mol. The van der Waals surface area contributed by atoms with Gasteiger partial charge in [0.05, 0.1) is 6.61 Å². The van der Waals surface area contributed by atoms with Crippen LogP contribution in [-0.4, -0.2) is 36.5 Å². The van der Waals surface area contributed by atoms with E-state index in [9.17, 15) is 4.79 Å². The third-order valence-electron chi connectivity index (χ3n) is 5.05. The Labute approximate surface area is 162 Å². The van der Waals surface area contributed by atoms with Crippen molar-refractivity contribution in [1.29, 1.82) is 0 Å². The molecule has 1 aliphatic rings. The summed E-state index contributed by atoms with van der Waals surface area (Å²) in [7, 11) is 0. The van der Waals surface area contributed by atoms with Gasteiger partial charge in [-0.3, -0.25) is 9.69 Å². The number of amides is 1.